The summed E-state index contributed by atoms with van der Waals surface area (Å²) < 4.78 is 28.4. The Labute approximate surface area is 135 Å². The number of morpholine rings is 1. The van der Waals surface area contributed by atoms with Crippen molar-refractivity contribution in [2.24, 2.45) is 0 Å². The maximum atomic E-state index is 11.5. The molecule has 1 aromatic heterocycles. The van der Waals surface area contributed by atoms with E-state index in [0.717, 1.165) is 18.7 Å². The van der Waals surface area contributed by atoms with Crippen LogP contribution in [-0.2, 0) is 14.6 Å². The molecule has 23 heavy (non-hydrogen) atoms. The molecule has 0 amide bonds. The number of benzene rings is 1. The summed E-state index contributed by atoms with van der Waals surface area (Å²) in [6.45, 7) is 2.71. The molecule has 2 aromatic rings. The summed E-state index contributed by atoms with van der Waals surface area (Å²) in [6, 6.07) is 8.26. The fourth-order valence-corrected chi connectivity index (χ4v) is 3.01. The second-order valence-corrected chi connectivity index (χ2v) is 7.39. The van der Waals surface area contributed by atoms with Crippen LogP contribution in [0.4, 0.5) is 11.8 Å². The Morgan fingerprint density at radius 1 is 1.13 bits per heavy atom. The third-order valence-corrected chi connectivity index (χ3v) is 4.73. The van der Waals surface area contributed by atoms with Gasteiger partial charge in [-0.3, -0.25) is 0 Å². The average Bonchev–Trinajstić information content (AvgIpc) is 2.54. The van der Waals surface area contributed by atoms with Gasteiger partial charge in [0.1, 0.15) is 5.82 Å². The number of anilines is 2. The SMILES string of the molecule is CS(=O)(=O)c1ccc(-c2cc(N)nc(N3CCOCC3)n2)cc1. The van der Waals surface area contributed by atoms with E-state index in [-0.39, 0.29) is 4.90 Å². The minimum atomic E-state index is -3.21. The van der Waals surface area contributed by atoms with Gasteiger partial charge in [0.2, 0.25) is 5.95 Å². The van der Waals surface area contributed by atoms with E-state index in [1.165, 1.54) is 6.26 Å². The molecule has 1 saturated heterocycles. The minimum Gasteiger partial charge on any atom is -0.384 e. The van der Waals surface area contributed by atoms with Gasteiger partial charge >= 0.3 is 0 Å². The maximum Gasteiger partial charge on any atom is 0.228 e. The summed E-state index contributed by atoms with van der Waals surface area (Å²) in [5.74, 6) is 0.944. The number of hydrogen-bond acceptors (Lipinski definition) is 7. The predicted octanol–water partition coefficient (Wildman–Crippen LogP) is 0.966. The van der Waals surface area contributed by atoms with Crippen molar-refractivity contribution >= 4 is 21.6 Å². The topological polar surface area (TPSA) is 98.4 Å². The minimum absolute atomic E-state index is 0.275. The van der Waals surface area contributed by atoms with E-state index in [1.807, 2.05) is 4.90 Å². The van der Waals surface area contributed by atoms with Gasteiger partial charge in [-0.15, -0.1) is 0 Å². The fraction of sp³-hybridized carbons (Fsp3) is 0.333. The van der Waals surface area contributed by atoms with E-state index in [9.17, 15) is 8.42 Å². The molecule has 0 radical (unpaired) electrons. The van der Waals surface area contributed by atoms with Crippen LogP contribution >= 0.6 is 0 Å². The molecule has 0 atom stereocenters. The zero-order valence-electron chi connectivity index (χ0n) is 12.8. The van der Waals surface area contributed by atoms with Crippen LogP contribution in [0, 0.1) is 0 Å². The highest BCUT2D eigenvalue weighted by molar-refractivity contribution is 7.90. The summed E-state index contributed by atoms with van der Waals surface area (Å²) >= 11 is 0. The summed E-state index contributed by atoms with van der Waals surface area (Å²) in [5.41, 5.74) is 7.36. The van der Waals surface area contributed by atoms with Crippen molar-refractivity contribution in [3.05, 3.63) is 30.3 Å². The van der Waals surface area contributed by atoms with E-state index >= 15 is 0 Å². The second-order valence-electron chi connectivity index (χ2n) is 5.37. The molecule has 3 rings (SSSR count). The lowest BCUT2D eigenvalue weighted by molar-refractivity contribution is 0.122. The van der Waals surface area contributed by atoms with Gasteiger partial charge in [-0.1, -0.05) is 12.1 Å². The first-order valence-electron chi connectivity index (χ1n) is 7.21. The van der Waals surface area contributed by atoms with E-state index in [0.29, 0.717) is 30.7 Å². The molecule has 2 N–H and O–H groups in total. The molecule has 0 saturated carbocycles. The molecule has 1 aliphatic heterocycles. The van der Waals surface area contributed by atoms with Gasteiger partial charge in [-0.2, -0.15) is 4.98 Å². The van der Waals surface area contributed by atoms with Crippen molar-refractivity contribution in [3.8, 4) is 11.3 Å². The standard InChI is InChI=1S/C15H18N4O3S/c1-23(20,21)12-4-2-11(3-5-12)13-10-14(16)18-15(17-13)19-6-8-22-9-7-19/h2-5,10H,6-9H2,1H3,(H2,16,17,18). The van der Waals surface area contributed by atoms with Crippen molar-refractivity contribution in [1.82, 2.24) is 9.97 Å². The van der Waals surface area contributed by atoms with Gasteiger partial charge in [0.05, 0.1) is 23.8 Å². The Morgan fingerprint density at radius 3 is 2.39 bits per heavy atom. The zero-order chi connectivity index (χ0) is 16.4. The fourth-order valence-electron chi connectivity index (χ4n) is 2.38. The van der Waals surface area contributed by atoms with Crippen LogP contribution in [0.2, 0.25) is 0 Å². The number of rotatable bonds is 3. The van der Waals surface area contributed by atoms with Crippen LogP contribution in [0.1, 0.15) is 0 Å². The van der Waals surface area contributed by atoms with Crippen LogP contribution in [0.5, 0.6) is 0 Å². The van der Waals surface area contributed by atoms with Crippen LogP contribution < -0.4 is 10.6 Å². The first-order valence-corrected chi connectivity index (χ1v) is 9.10. The first-order chi connectivity index (χ1) is 10.9. The third-order valence-electron chi connectivity index (χ3n) is 3.61. The molecule has 0 unspecified atom stereocenters. The van der Waals surface area contributed by atoms with Gasteiger partial charge in [0.15, 0.2) is 9.84 Å². The Balaban J connectivity index is 1.94. The number of nitrogen functional groups attached to an aromatic ring is 1. The van der Waals surface area contributed by atoms with E-state index in [4.69, 9.17) is 10.5 Å². The van der Waals surface area contributed by atoms with E-state index in [2.05, 4.69) is 9.97 Å². The van der Waals surface area contributed by atoms with E-state index in [1.54, 1.807) is 30.3 Å². The van der Waals surface area contributed by atoms with Gasteiger partial charge < -0.3 is 15.4 Å². The Kier molecular flexibility index (Phi) is 4.18. The molecule has 0 bridgehead atoms. The third kappa shape index (κ3) is 3.59. The Bertz CT molecular complexity index is 800. The molecule has 122 valence electrons. The van der Waals surface area contributed by atoms with Crippen LogP contribution in [-0.4, -0.2) is 50.9 Å². The number of nitrogens with zero attached hydrogens (tertiary/aromatic N) is 3. The highest BCUT2D eigenvalue weighted by atomic mass is 32.2. The molecule has 7 nitrogen and oxygen atoms in total. The predicted molar refractivity (Wildman–Crippen MR) is 88.0 cm³/mol. The molecule has 8 heteroatoms. The summed E-state index contributed by atoms with van der Waals surface area (Å²) in [4.78, 5) is 11.1. The molecule has 1 aliphatic rings. The summed E-state index contributed by atoms with van der Waals surface area (Å²) in [7, 11) is -3.21. The highest BCUT2D eigenvalue weighted by Gasteiger charge is 2.16. The lowest BCUT2D eigenvalue weighted by Gasteiger charge is -2.27. The van der Waals surface area contributed by atoms with Crippen molar-refractivity contribution in [2.75, 3.05) is 43.2 Å². The average molecular weight is 334 g/mol. The van der Waals surface area contributed by atoms with Crippen LogP contribution in [0.15, 0.2) is 35.2 Å². The lowest BCUT2D eigenvalue weighted by Crippen LogP contribution is -2.37. The Morgan fingerprint density at radius 2 is 1.78 bits per heavy atom. The lowest BCUT2D eigenvalue weighted by atomic mass is 10.1. The monoisotopic (exact) mass is 334 g/mol. The zero-order valence-corrected chi connectivity index (χ0v) is 13.6. The molecular weight excluding hydrogens is 316 g/mol. The number of aromatic nitrogens is 2. The molecule has 2 heterocycles. The van der Waals surface area contributed by atoms with Crippen molar-refractivity contribution in [2.45, 2.75) is 4.90 Å². The number of ether oxygens (including phenoxy) is 1. The van der Waals surface area contributed by atoms with Crippen molar-refractivity contribution in [1.29, 1.82) is 0 Å². The Hall–Kier alpha value is -2.19. The van der Waals surface area contributed by atoms with Gasteiger partial charge in [-0.05, 0) is 12.1 Å². The molecule has 0 aliphatic carbocycles. The summed E-state index contributed by atoms with van der Waals surface area (Å²) in [5, 5.41) is 0. The van der Waals surface area contributed by atoms with Crippen molar-refractivity contribution < 1.29 is 13.2 Å². The molecule has 1 fully saturated rings. The normalized spacial score (nSPS) is 15.6. The second kappa shape index (κ2) is 6.13. The van der Waals surface area contributed by atoms with E-state index < -0.39 is 9.84 Å². The van der Waals surface area contributed by atoms with Crippen molar-refractivity contribution in [3.63, 3.8) is 0 Å². The molecule has 1 aromatic carbocycles. The highest BCUT2D eigenvalue weighted by Crippen LogP contribution is 2.23. The smallest absolute Gasteiger partial charge is 0.228 e. The summed E-state index contributed by atoms with van der Waals surface area (Å²) in [6.07, 6.45) is 1.18. The van der Waals surface area contributed by atoms with Gasteiger partial charge in [0.25, 0.3) is 0 Å². The van der Waals surface area contributed by atoms with Crippen LogP contribution in [0.3, 0.4) is 0 Å². The van der Waals surface area contributed by atoms with Gasteiger partial charge in [-0.25, -0.2) is 13.4 Å². The molecular formula is C15H18N4O3S. The van der Waals surface area contributed by atoms with Gasteiger partial charge in [0, 0.05) is 31.0 Å². The quantitative estimate of drug-likeness (QED) is 0.893. The largest absolute Gasteiger partial charge is 0.384 e. The maximum absolute atomic E-state index is 11.5. The molecule has 0 spiro atoms. The van der Waals surface area contributed by atoms with Crippen LogP contribution in [0.25, 0.3) is 11.3 Å². The number of nitrogens with two attached hydrogens (primary N) is 1. The first kappa shape index (κ1) is 15.7. The number of sulfone groups is 1. The number of hydrogen-bond donors (Lipinski definition) is 1.